The van der Waals surface area contributed by atoms with Crippen molar-refractivity contribution in [1.29, 1.82) is 0 Å². The summed E-state index contributed by atoms with van der Waals surface area (Å²) >= 11 is 0. The minimum absolute atomic E-state index is 0.136. The molecule has 0 aromatic heterocycles. The Bertz CT molecular complexity index is 2300. The SMILES string of the molecule is c1ccc(-c2ccc(N(c3ccc4c(c3)C3(c5ccccc5-4)C4CCC5C6CC7CC5C3C(C7)C6C4)c3cccc4ccccc34)cc2)cc1. The molecule has 0 radical (unpaired) electrons. The van der Waals surface area contributed by atoms with Crippen LogP contribution in [0, 0.1) is 47.3 Å². The van der Waals surface area contributed by atoms with E-state index in [1.54, 1.807) is 17.5 Å². The maximum atomic E-state index is 2.70. The van der Waals surface area contributed by atoms with E-state index in [0.29, 0.717) is 0 Å². The number of benzene rings is 6. The third-order valence-corrected chi connectivity index (χ3v) is 15.1. The monoisotopic (exact) mass is 645 g/mol. The molecule has 8 aliphatic carbocycles. The highest BCUT2D eigenvalue weighted by molar-refractivity contribution is 5.99. The van der Waals surface area contributed by atoms with Crippen LogP contribution >= 0.6 is 0 Å². The largest absolute Gasteiger partial charge is 0.310 e. The van der Waals surface area contributed by atoms with Gasteiger partial charge in [-0.3, -0.25) is 0 Å². The van der Waals surface area contributed by atoms with Crippen LogP contribution < -0.4 is 4.90 Å². The van der Waals surface area contributed by atoms with Crippen LogP contribution in [0.4, 0.5) is 17.1 Å². The van der Waals surface area contributed by atoms with Crippen LogP contribution in [0.15, 0.2) is 140 Å². The quantitative estimate of drug-likeness (QED) is 0.184. The maximum absolute atomic E-state index is 2.70. The van der Waals surface area contributed by atoms with Crippen molar-refractivity contribution in [1.82, 2.24) is 0 Å². The smallest absolute Gasteiger partial charge is 0.0540 e. The second-order valence-corrected chi connectivity index (χ2v) is 16.8. The molecule has 1 nitrogen and oxygen atoms in total. The highest BCUT2D eigenvalue weighted by Crippen LogP contribution is 2.77. The lowest BCUT2D eigenvalue weighted by Crippen LogP contribution is -2.64. The number of hydrogen-bond donors (Lipinski definition) is 0. The number of fused-ring (bicyclic) bond motifs is 5. The molecule has 50 heavy (non-hydrogen) atoms. The molecule has 9 unspecified atom stereocenters. The van der Waals surface area contributed by atoms with E-state index in [-0.39, 0.29) is 5.41 Å². The number of nitrogens with zero attached hydrogens (tertiary/aromatic N) is 1. The fourth-order valence-electron chi connectivity index (χ4n) is 13.8. The van der Waals surface area contributed by atoms with E-state index in [2.05, 4.69) is 144 Å². The maximum Gasteiger partial charge on any atom is 0.0540 e. The molecule has 8 bridgehead atoms. The fourth-order valence-corrected chi connectivity index (χ4v) is 13.8. The summed E-state index contributed by atoms with van der Waals surface area (Å²) in [6, 6.07) is 53.1. The van der Waals surface area contributed by atoms with E-state index in [1.807, 2.05) is 0 Å². The molecule has 14 rings (SSSR count). The second kappa shape index (κ2) is 10.2. The predicted molar refractivity (Wildman–Crippen MR) is 206 cm³/mol. The number of hydrogen-bond acceptors (Lipinski definition) is 1. The third kappa shape index (κ3) is 3.59. The van der Waals surface area contributed by atoms with Crippen molar-refractivity contribution >= 4 is 27.8 Å². The summed E-state index contributed by atoms with van der Waals surface area (Å²) in [6.45, 7) is 0. The van der Waals surface area contributed by atoms with Crippen molar-refractivity contribution in [2.24, 2.45) is 47.3 Å². The Kier molecular flexibility index (Phi) is 5.75. The summed E-state index contributed by atoms with van der Waals surface area (Å²) < 4.78 is 0. The Balaban J connectivity index is 1.08. The van der Waals surface area contributed by atoms with Crippen molar-refractivity contribution in [3.05, 3.63) is 151 Å². The Hall–Kier alpha value is -4.62. The lowest BCUT2D eigenvalue weighted by atomic mass is 9.35. The molecule has 0 aliphatic heterocycles. The minimum atomic E-state index is 0.136. The van der Waals surface area contributed by atoms with E-state index in [9.17, 15) is 0 Å². The average Bonchev–Trinajstić information content (AvgIpc) is 3.26. The summed E-state index contributed by atoms with van der Waals surface area (Å²) in [4.78, 5) is 2.56. The minimum Gasteiger partial charge on any atom is -0.310 e. The van der Waals surface area contributed by atoms with Gasteiger partial charge in [0, 0.05) is 22.2 Å². The van der Waals surface area contributed by atoms with E-state index >= 15 is 0 Å². The second-order valence-electron chi connectivity index (χ2n) is 16.8. The Morgan fingerprint density at radius 1 is 0.480 bits per heavy atom. The van der Waals surface area contributed by atoms with Gasteiger partial charge in [-0.15, -0.1) is 0 Å². The molecule has 8 aliphatic rings. The molecule has 1 heteroatoms. The topological polar surface area (TPSA) is 3.24 Å². The summed E-state index contributed by atoms with van der Waals surface area (Å²) in [5.74, 6) is 7.32. The standard InChI is InChI=1S/C49H43N/c1-2-9-31(10-3-1)32-17-20-35(21-18-32)50(47-16-8-12-33-11-4-5-13-37(33)47)36-22-24-40-39-14-6-7-15-45(39)49(46(40)29-36)34-19-23-38-41-25-30-26-43(38)48(49)44(27-30)42(41)28-34/h1-18,20-22,24,29-30,34,38,41-44,48H,19,23,25-28H2. The summed E-state index contributed by atoms with van der Waals surface area (Å²) in [7, 11) is 0. The van der Waals surface area contributed by atoms with Crippen LogP contribution in [0.2, 0.25) is 0 Å². The Morgan fingerprint density at radius 2 is 1.16 bits per heavy atom. The summed E-state index contributed by atoms with van der Waals surface area (Å²) in [5.41, 5.74) is 12.8. The van der Waals surface area contributed by atoms with Gasteiger partial charge in [0.25, 0.3) is 0 Å². The first kappa shape index (κ1) is 28.1. The zero-order valence-corrected chi connectivity index (χ0v) is 28.6. The van der Waals surface area contributed by atoms with Gasteiger partial charge in [0.2, 0.25) is 0 Å². The molecule has 0 amide bonds. The fraction of sp³-hybridized carbons (Fsp3) is 0.306. The molecule has 6 aromatic rings. The molecule has 6 aromatic carbocycles. The average molecular weight is 646 g/mol. The van der Waals surface area contributed by atoms with Gasteiger partial charge in [0.15, 0.2) is 0 Å². The Morgan fingerprint density at radius 3 is 2.06 bits per heavy atom. The third-order valence-electron chi connectivity index (χ3n) is 15.1. The van der Waals surface area contributed by atoms with E-state index < -0.39 is 0 Å². The lowest BCUT2D eigenvalue weighted by Gasteiger charge is -2.69. The molecule has 0 saturated heterocycles. The lowest BCUT2D eigenvalue weighted by molar-refractivity contribution is -0.170. The molecular formula is C49H43N. The van der Waals surface area contributed by atoms with Gasteiger partial charge in [-0.2, -0.15) is 0 Å². The zero-order chi connectivity index (χ0) is 32.6. The molecule has 7 saturated carbocycles. The van der Waals surface area contributed by atoms with Crippen LogP contribution in [0.3, 0.4) is 0 Å². The van der Waals surface area contributed by atoms with E-state index in [0.717, 1.165) is 47.3 Å². The molecule has 1 spiro atoms. The summed E-state index contributed by atoms with van der Waals surface area (Å²) in [5, 5.41) is 2.57. The van der Waals surface area contributed by atoms with Crippen LogP contribution in [-0.2, 0) is 5.41 Å². The van der Waals surface area contributed by atoms with Crippen LogP contribution in [-0.4, -0.2) is 0 Å². The summed E-state index contributed by atoms with van der Waals surface area (Å²) in [6.07, 6.45) is 8.88. The van der Waals surface area contributed by atoms with Gasteiger partial charge in [-0.05, 0) is 155 Å². The van der Waals surface area contributed by atoms with Crippen LogP contribution in [0.5, 0.6) is 0 Å². The molecule has 0 heterocycles. The van der Waals surface area contributed by atoms with E-state index in [1.165, 1.54) is 82.2 Å². The van der Waals surface area contributed by atoms with Gasteiger partial charge >= 0.3 is 0 Å². The zero-order valence-electron chi connectivity index (χ0n) is 28.6. The van der Waals surface area contributed by atoms with Crippen molar-refractivity contribution in [3.63, 3.8) is 0 Å². The van der Waals surface area contributed by atoms with Gasteiger partial charge in [-0.1, -0.05) is 109 Å². The van der Waals surface area contributed by atoms with Gasteiger partial charge in [0.05, 0.1) is 5.69 Å². The molecule has 244 valence electrons. The van der Waals surface area contributed by atoms with Gasteiger partial charge in [0.1, 0.15) is 0 Å². The first-order valence-corrected chi connectivity index (χ1v) is 19.4. The molecule has 9 atom stereocenters. The van der Waals surface area contributed by atoms with Crippen molar-refractivity contribution in [2.45, 2.75) is 43.9 Å². The Labute approximate surface area is 296 Å². The number of anilines is 3. The van der Waals surface area contributed by atoms with Crippen molar-refractivity contribution in [2.75, 3.05) is 4.90 Å². The van der Waals surface area contributed by atoms with Crippen molar-refractivity contribution < 1.29 is 0 Å². The first-order chi connectivity index (χ1) is 24.8. The van der Waals surface area contributed by atoms with Crippen LogP contribution in [0.1, 0.15) is 49.7 Å². The highest BCUT2D eigenvalue weighted by atomic mass is 15.1. The predicted octanol–water partition coefficient (Wildman–Crippen LogP) is 12.6. The van der Waals surface area contributed by atoms with Gasteiger partial charge in [-0.25, -0.2) is 0 Å². The van der Waals surface area contributed by atoms with Crippen molar-refractivity contribution in [3.8, 4) is 22.3 Å². The van der Waals surface area contributed by atoms with Crippen LogP contribution in [0.25, 0.3) is 33.0 Å². The highest BCUT2D eigenvalue weighted by Gasteiger charge is 2.71. The van der Waals surface area contributed by atoms with E-state index in [4.69, 9.17) is 0 Å². The molecule has 0 N–H and O–H groups in total. The van der Waals surface area contributed by atoms with Gasteiger partial charge < -0.3 is 4.90 Å². The number of rotatable bonds is 4. The first-order valence-electron chi connectivity index (χ1n) is 19.4. The normalized spacial score (nSPS) is 32.0. The molecular weight excluding hydrogens is 603 g/mol. The molecule has 7 fully saturated rings.